The lowest BCUT2D eigenvalue weighted by molar-refractivity contribution is -0.145. The van der Waals surface area contributed by atoms with Gasteiger partial charge in [0.15, 0.2) is 6.61 Å². The normalized spacial score (nSPS) is 17.1. The van der Waals surface area contributed by atoms with Crippen molar-refractivity contribution < 1.29 is 18.7 Å². The van der Waals surface area contributed by atoms with Gasteiger partial charge < -0.3 is 15.0 Å². The standard InChI is InChI=1S/C19H19FN2O3/c1-13-2-8-16(9-3-13)25-12-17(23)22-11-10-21-19(24)18(22)14-4-6-15(20)7-5-14/h2-9,18H,10-12H2,1H3,(H,21,24). The van der Waals surface area contributed by atoms with Gasteiger partial charge in [0.05, 0.1) is 0 Å². The van der Waals surface area contributed by atoms with E-state index < -0.39 is 6.04 Å². The summed E-state index contributed by atoms with van der Waals surface area (Å²) in [5, 5.41) is 2.74. The smallest absolute Gasteiger partial charge is 0.261 e. The zero-order valence-electron chi connectivity index (χ0n) is 13.9. The van der Waals surface area contributed by atoms with E-state index >= 15 is 0 Å². The number of halogens is 1. The molecule has 6 heteroatoms. The number of benzene rings is 2. The first-order valence-electron chi connectivity index (χ1n) is 8.07. The van der Waals surface area contributed by atoms with Crippen molar-refractivity contribution in [3.05, 3.63) is 65.5 Å². The number of rotatable bonds is 4. The van der Waals surface area contributed by atoms with E-state index in [-0.39, 0.29) is 24.2 Å². The molecule has 1 saturated heterocycles. The van der Waals surface area contributed by atoms with Crippen LogP contribution in [0.3, 0.4) is 0 Å². The summed E-state index contributed by atoms with van der Waals surface area (Å²) in [7, 11) is 0. The van der Waals surface area contributed by atoms with Gasteiger partial charge in [-0.1, -0.05) is 29.8 Å². The van der Waals surface area contributed by atoms with E-state index in [1.807, 2.05) is 19.1 Å². The molecular formula is C19H19FN2O3. The summed E-state index contributed by atoms with van der Waals surface area (Å²) in [6, 6.07) is 12.2. The van der Waals surface area contributed by atoms with E-state index in [1.165, 1.54) is 29.2 Å². The zero-order valence-corrected chi connectivity index (χ0v) is 13.9. The van der Waals surface area contributed by atoms with E-state index in [0.29, 0.717) is 24.4 Å². The van der Waals surface area contributed by atoms with Crippen LogP contribution in [-0.2, 0) is 9.59 Å². The second-order valence-corrected chi connectivity index (χ2v) is 5.93. The fourth-order valence-corrected chi connectivity index (χ4v) is 2.77. The fraction of sp³-hybridized carbons (Fsp3) is 0.263. The lowest BCUT2D eigenvalue weighted by Gasteiger charge is -2.35. The highest BCUT2D eigenvalue weighted by molar-refractivity contribution is 5.90. The topological polar surface area (TPSA) is 58.6 Å². The van der Waals surface area contributed by atoms with Gasteiger partial charge in [-0.3, -0.25) is 9.59 Å². The number of piperazine rings is 1. The third-order valence-corrected chi connectivity index (χ3v) is 4.10. The Morgan fingerprint density at radius 3 is 2.56 bits per heavy atom. The van der Waals surface area contributed by atoms with E-state index in [2.05, 4.69) is 5.32 Å². The third-order valence-electron chi connectivity index (χ3n) is 4.10. The first-order valence-corrected chi connectivity index (χ1v) is 8.07. The van der Waals surface area contributed by atoms with Gasteiger partial charge in [0, 0.05) is 13.1 Å². The second-order valence-electron chi connectivity index (χ2n) is 5.93. The SMILES string of the molecule is Cc1ccc(OCC(=O)N2CCNC(=O)C2c2ccc(F)cc2)cc1. The molecule has 0 radical (unpaired) electrons. The van der Waals surface area contributed by atoms with Gasteiger partial charge >= 0.3 is 0 Å². The number of carbonyl (C=O) groups excluding carboxylic acids is 2. The number of amides is 2. The lowest BCUT2D eigenvalue weighted by Crippen LogP contribution is -2.53. The molecule has 1 heterocycles. The van der Waals surface area contributed by atoms with Crippen LogP contribution in [0.25, 0.3) is 0 Å². The number of ether oxygens (including phenoxy) is 1. The van der Waals surface area contributed by atoms with Crippen molar-refractivity contribution in [3.63, 3.8) is 0 Å². The molecule has 0 aliphatic carbocycles. The van der Waals surface area contributed by atoms with Crippen molar-refractivity contribution in [1.82, 2.24) is 10.2 Å². The highest BCUT2D eigenvalue weighted by atomic mass is 19.1. The van der Waals surface area contributed by atoms with Crippen LogP contribution in [0.5, 0.6) is 5.75 Å². The molecule has 5 nitrogen and oxygen atoms in total. The maximum absolute atomic E-state index is 13.1. The van der Waals surface area contributed by atoms with E-state index in [1.54, 1.807) is 12.1 Å². The largest absolute Gasteiger partial charge is 0.484 e. The molecule has 3 rings (SSSR count). The van der Waals surface area contributed by atoms with Gasteiger partial charge in [-0.05, 0) is 36.8 Å². The molecule has 1 unspecified atom stereocenters. The number of aryl methyl sites for hydroxylation is 1. The molecule has 1 atom stereocenters. The van der Waals surface area contributed by atoms with Crippen molar-refractivity contribution in [2.45, 2.75) is 13.0 Å². The average molecular weight is 342 g/mol. The van der Waals surface area contributed by atoms with Crippen LogP contribution in [0, 0.1) is 12.7 Å². The number of hydrogen-bond donors (Lipinski definition) is 1. The van der Waals surface area contributed by atoms with Crippen LogP contribution in [0.1, 0.15) is 17.2 Å². The van der Waals surface area contributed by atoms with Crippen molar-refractivity contribution in [1.29, 1.82) is 0 Å². The Morgan fingerprint density at radius 1 is 1.20 bits per heavy atom. The highest BCUT2D eigenvalue weighted by Gasteiger charge is 2.34. The molecule has 1 aliphatic heterocycles. The predicted molar refractivity (Wildman–Crippen MR) is 90.5 cm³/mol. The number of hydrogen-bond acceptors (Lipinski definition) is 3. The lowest BCUT2D eigenvalue weighted by atomic mass is 10.0. The summed E-state index contributed by atoms with van der Waals surface area (Å²) in [4.78, 5) is 26.3. The zero-order chi connectivity index (χ0) is 17.8. The fourth-order valence-electron chi connectivity index (χ4n) is 2.77. The molecule has 0 aromatic heterocycles. The predicted octanol–water partition coefficient (Wildman–Crippen LogP) is 2.21. The Bertz CT molecular complexity index is 759. The maximum atomic E-state index is 13.1. The first kappa shape index (κ1) is 17.0. The number of nitrogens with zero attached hydrogens (tertiary/aromatic N) is 1. The summed E-state index contributed by atoms with van der Waals surface area (Å²) in [5.74, 6) is -0.356. The molecule has 1 aliphatic rings. The number of carbonyl (C=O) groups is 2. The molecule has 0 saturated carbocycles. The summed E-state index contributed by atoms with van der Waals surface area (Å²) in [6.07, 6.45) is 0. The monoisotopic (exact) mass is 342 g/mol. The molecule has 2 aromatic rings. The van der Waals surface area contributed by atoms with Gasteiger partial charge in [-0.25, -0.2) is 4.39 Å². The van der Waals surface area contributed by atoms with E-state index in [4.69, 9.17) is 4.74 Å². The average Bonchev–Trinajstić information content (AvgIpc) is 2.62. The molecule has 2 aromatic carbocycles. The minimum Gasteiger partial charge on any atom is -0.484 e. The van der Waals surface area contributed by atoms with Gasteiger partial charge in [0.25, 0.3) is 5.91 Å². The molecule has 1 N–H and O–H groups in total. The van der Waals surface area contributed by atoms with Crippen LogP contribution in [0.4, 0.5) is 4.39 Å². The summed E-state index contributed by atoms with van der Waals surface area (Å²) in [5.41, 5.74) is 1.67. The van der Waals surface area contributed by atoms with Gasteiger partial charge in [-0.2, -0.15) is 0 Å². The molecule has 130 valence electrons. The van der Waals surface area contributed by atoms with Gasteiger partial charge in [-0.15, -0.1) is 0 Å². The van der Waals surface area contributed by atoms with Crippen LogP contribution in [0.2, 0.25) is 0 Å². The summed E-state index contributed by atoms with van der Waals surface area (Å²) < 4.78 is 18.7. The Balaban J connectivity index is 1.73. The molecule has 0 spiro atoms. The van der Waals surface area contributed by atoms with E-state index in [0.717, 1.165) is 5.56 Å². The number of nitrogens with one attached hydrogen (secondary N) is 1. The molecule has 2 amide bonds. The minimum atomic E-state index is -0.775. The molecule has 25 heavy (non-hydrogen) atoms. The quantitative estimate of drug-likeness (QED) is 0.927. The third kappa shape index (κ3) is 3.96. The molecule has 1 fully saturated rings. The van der Waals surface area contributed by atoms with Crippen LogP contribution >= 0.6 is 0 Å². The maximum Gasteiger partial charge on any atom is 0.261 e. The van der Waals surface area contributed by atoms with Crippen molar-refractivity contribution in [2.24, 2.45) is 0 Å². The van der Waals surface area contributed by atoms with Crippen molar-refractivity contribution in [2.75, 3.05) is 19.7 Å². The van der Waals surface area contributed by atoms with Crippen LogP contribution in [0.15, 0.2) is 48.5 Å². The van der Waals surface area contributed by atoms with Crippen molar-refractivity contribution in [3.8, 4) is 5.75 Å². The van der Waals surface area contributed by atoms with Crippen LogP contribution < -0.4 is 10.1 Å². The molecule has 0 bridgehead atoms. The Labute approximate surface area is 145 Å². The van der Waals surface area contributed by atoms with Gasteiger partial charge in [0.1, 0.15) is 17.6 Å². The van der Waals surface area contributed by atoms with Crippen molar-refractivity contribution >= 4 is 11.8 Å². The van der Waals surface area contributed by atoms with E-state index in [9.17, 15) is 14.0 Å². The Morgan fingerprint density at radius 2 is 1.88 bits per heavy atom. The van der Waals surface area contributed by atoms with Gasteiger partial charge in [0.2, 0.25) is 5.91 Å². The Hall–Kier alpha value is -2.89. The summed E-state index contributed by atoms with van der Waals surface area (Å²) in [6.45, 7) is 2.57. The highest BCUT2D eigenvalue weighted by Crippen LogP contribution is 2.24. The summed E-state index contributed by atoms with van der Waals surface area (Å²) >= 11 is 0. The second kappa shape index (κ2) is 7.34. The van der Waals surface area contributed by atoms with Crippen LogP contribution in [-0.4, -0.2) is 36.4 Å². The Kier molecular flexibility index (Phi) is 4.97. The minimum absolute atomic E-state index is 0.159. The molecular weight excluding hydrogens is 323 g/mol. The first-order chi connectivity index (χ1) is 12.0.